The molecule has 0 saturated heterocycles. The van der Waals surface area contributed by atoms with E-state index in [1.807, 2.05) is 17.8 Å². The standard InChI is InChI=1S/C13H21NO2S2/c1-3-4-5-6-7-17-9-10-8-11(12(14)18-10)13(15)16-2/h8H,3-7,9,14H2,1-2H3. The zero-order valence-corrected chi connectivity index (χ0v) is 12.7. The number of nitrogen functional groups attached to an aromatic ring is 1. The Labute approximate surface area is 117 Å². The van der Waals surface area contributed by atoms with Crippen LogP contribution >= 0.6 is 23.1 Å². The Balaban J connectivity index is 2.33. The molecule has 0 atom stereocenters. The van der Waals surface area contributed by atoms with Crippen LogP contribution in [0, 0.1) is 0 Å². The van der Waals surface area contributed by atoms with E-state index in [1.54, 1.807) is 0 Å². The predicted octanol–water partition coefficient (Wildman–Crippen LogP) is 3.93. The Morgan fingerprint density at radius 3 is 2.89 bits per heavy atom. The zero-order valence-electron chi connectivity index (χ0n) is 11.0. The lowest BCUT2D eigenvalue weighted by atomic mass is 10.2. The van der Waals surface area contributed by atoms with Crippen LogP contribution in [0.15, 0.2) is 6.07 Å². The number of thiophene rings is 1. The van der Waals surface area contributed by atoms with Crippen LogP contribution in [0.1, 0.15) is 47.8 Å². The summed E-state index contributed by atoms with van der Waals surface area (Å²) in [6.07, 6.45) is 5.17. The molecule has 1 heterocycles. The van der Waals surface area contributed by atoms with Gasteiger partial charge in [0.1, 0.15) is 5.00 Å². The largest absolute Gasteiger partial charge is 0.465 e. The van der Waals surface area contributed by atoms with Crippen molar-refractivity contribution >= 4 is 34.1 Å². The molecule has 2 N–H and O–H groups in total. The molecule has 0 radical (unpaired) electrons. The van der Waals surface area contributed by atoms with Crippen LogP contribution in [-0.4, -0.2) is 18.8 Å². The molecule has 18 heavy (non-hydrogen) atoms. The minimum absolute atomic E-state index is 0.344. The van der Waals surface area contributed by atoms with E-state index in [0.717, 1.165) is 10.6 Å². The Hall–Kier alpha value is -0.680. The quantitative estimate of drug-likeness (QED) is 0.581. The van der Waals surface area contributed by atoms with Gasteiger partial charge in [-0.3, -0.25) is 0 Å². The van der Waals surface area contributed by atoms with E-state index in [2.05, 4.69) is 11.7 Å². The van der Waals surface area contributed by atoms with Crippen LogP contribution in [0.3, 0.4) is 0 Å². The van der Waals surface area contributed by atoms with Crippen LogP contribution in [-0.2, 0) is 10.5 Å². The number of esters is 1. The number of thioether (sulfide) groups is 1. The Morgan fingerprint density at radius 1 is 1.44 bits per heavy atom. The van der Waals surface area contributed by atoms with Gasteiger partial charge in [0.15, 0.2) is 0 Å². The molecule has 0 aliphatic rings. The molecule has 5 heteroatoms. The van der Waals surface area contributed by atoms with Gasteiger partial charge in [-0.05, 0) is 18.2 Å². The molecule has 0 bridgehead atoms. The third-order valence-electron chi connectivity index (χ3n) is 2.60. The fourth-order valence-electron chi connectivity index (χ4n) is 1.60. The first-order chi connectivity index (χ1) is 8.69. The number of ether oxygens (including phenoxy) is 1. The Bertz CT molecular complexity index is 377. The third-order valence-corrected chi connectivity index (χ3v) is 4.84. The molecule has 0 aliphatic carbocycles. The van der Waals surface area contributed by atoms with Crippen LogP contribution in [0.2, 0.25) is 0 Å². The van der Waals surface area contributed by atoms with E-state index in [1.165, 1.54) is 49.9 Å². The molecule has 0 amide bonds. The first-order valence-electron chi connectivity index (χ1n) is 6.23. The molecule has 102 valence electrons. The van der Waals surface area contributed by atoms with Crippen molar-refractivity contribution in [2.24, 2.45) is 0 Å². The van der Waals surface area contributed by atoms with Crippen LogP contribution in [0.25, 0.3) is 0 Å². The van der Waals surface area contributed by atoms with Crippen LogP contribution in [0.5, 0.6) is 0 Å². The zero-order chi connectivity index (χ0) is 13.4. The van der Waals surface area contributed by atoms with E-state index < -0.39 is 0 Å². The molecular formula is C13H21NO2S2. The average Bonchev–Trinajstić information content (AvgIpc) is 2.74. The molecule has 1 aromatic rings. The summed E-state index contributed by atoms with van der Waals surface area (Å²) in [5.41, 5.74) is 6.30. The van der Waals surface area contributed by atoms with Crippen LogP contribution in [0.4, 0.5) is 5.00 Å². The number of rotatable bonds is 8. The molecule has 0 saturated carbocycles. The summed E-state index contributed by atoms with van der Waals surface area (Å²) in [5.74, 6) is 1.76. The smallest absolute Gasteiger partial charge is 0.340 e. The second-order valence-electron chi connectivity index (χ2n) is 4.10. The number of unbranched alkanes of at least 4 members (excludes halogenated alkanes) is 3. The summed E-state index contributed by atoms with van der Waals surface area (Å²) in [4.78, 5) is 12.5. The van der Waals surface area contributed by atoms with Crippen molar-refractivity contribution in [2.45, 2.75) is 38.4 Å². The van der Waals surface area contributed by atoms with E-state index in [-0.39, 0.29) is 5.97 Å². The van der Waals surface area contributed by atoms with Crippen molar-refractivity contribution in [3.8, 4) is 0 Å². The van der Waals surface area contributed by atoms with Gasteiger partial charge in [0.05, 0.1) is 12.7 Å². The summed E-state index contributed by atoms with van der Waals surface area (Å²) in [6.45, 7) is 2.22. The minimum Gasteiger partial charge on any atom is -0.465 e. The maximum absolute atomic E-state index is 11.4. The van der Waals surface area contributed by atoms with Crippen LogP contribution < -0.4 is 5.73 Å². The van der Waals surface area contributed by atoms with E-state index >= 15 is 0 Å². The van der Waals surface area contributed by atoms with Gasteiger partial charge >= 0.3 is 5.97 Å². The summed E-state index contributed by atoms with van der Waals surface area (Å²) in [7, 11) is 1.38. The minimum atomic E-state index is -0.344. The summed E-state index contributed by atoms with van der Waals surface area (Å²) >= 11 is 3.38. The number of hydrogen-bond donors (Lipinski definition) is 1. The van der Waals surface area contributed by atoms with Crippen molar-refractivity contribution in [2.75, 3.05) is 18.6 Å². The molecule has 0 aromatic carbocycles. The second kappa shape index (κ2) is 8.43. The summed E-state index contributed by atoms with van der Waals surface area (Å²) in [6, 6.07) is 1.85. The highest BCUT2D eigenvalue weighted by atomic mass is 32.2. The molecular weight excluding hydrogens is 266 g/mol. The number of nitrogens with two attached hydrogens (primary N) is 1. The monoisotopic (exact) mass is 287 g/mol. The van der Waals surface area contributed by atoms with Gasteiger partial charge in [0.2, 0.25) is 0 Å². The average molecular weight is 287 g/mol. The molecule has 0 aliphatic heterocycles. The summed E-state index contributed by atoms with van der Waals surface area (Å²) in [5, 5.41) is 0.559. The van der Waals surface area contributed by atoms with Gasteiger partial charge < -0.3 is 10.5 Å². The number of carbonyl (C=O) groups is 1. The van der Waals surface area contributed by atoms with E-state index in [4.69, 9.17) is 5.73 Å². The molecule has 1 aromatic heterocycles. The number of hydrogen-bond acceptors (Lipinski definition) is 5. The molecule has 3 nitrogen and oxygen atoms in total. The Morgan fingerprint density at radius 2 is 2.22 bits per heavy atom. The lowest BCUT2D eigenvalue weighted by Gasteiger charge is -1.99. The van der Waals surface area contributed by atoms with Gasteiger partial charge in [-0.2, -0.15) is 11.8 Å². The highest BCUT2D eigenvalue weighted by Crippen LogP contribution is 2.28. The lowest BCUT2D eigenvalue weighted by Crippen LogP contribution is -2.01. The molecule has 0 fully saturated rings. The fraction of sp³-hybridized carbons (Fsp3) is 0.615. The second-order valence-corrected chi connectivity index (χ2v) is 6.37. The van der Waals surface area contributed by atoms with Gasteiger partial charge in [-0.15, -0.1) is 11.3 Å². The van der Waals surface area contributed by atoms with Gasteiger partial charge in [-0.25, -0.2) is 4.79 Å². The van der Waals surface area contributed by atoms with Crippen molar-refractivity contribution in [3.05, 3.63) is 16.5 Å². The van der Waals surface area contributed by atoms with Crippen molar-refractivity contribution in [3.63, 3.8) is 0 Å². The first kappa shape index (κ1) is 15.4. The number of methoxy groups -OCH3 is 1. The van der Waals surface area contributed by atoms with E-state index in [0.29, 0.717) is 10.6 Å². The molecule has 1 rings (SSSR count). The number of carbonyl (C=O) groups excluding carboxylic acids is 1. The highest BCUT2D eigenvalue weighted by molar-refractivity contribution is 7.98. The van der Waals surface area contributed by atoms with Crippen molar-refractivity contribution in [1.29, 1.82) is 0 Å². The van der Waals surface area contributed by atoms with Gasteiger partial charge in [0, 0.05) is 10.6 Å². The highest BCUT2D eigenvalue weighted by Gasteiger charge is 2.14. The maximum Gasteiger partial charge on any atom is 0.340 e. The summed E-state index contributed by atoms with van der Waals surface area (Å²) < 4.78 is 4.68. The predicted molar refractivity (Wildman–Crippen MR) is 80.4 cm³/mol. The van der Waals surface area contributed by atoms with E-state index in [9.17, 15) is 4.79 Å². The van der Waals surface area contributed by atoms with Crippen molar-refractivity contribution in [1.82, 2.24) is 0 Å². The third kappa shape index (κ3) is 4.90. The molecule has 0 unspecified atom stereocenters. The fourth-order valence-corrected chi connectivity index (χ4v) is 3.64. The molecule has 0 spiro atoms. The van der Waals surface area contributed by atoms with Crippen molar-refractivity contribution < 1.29 is 9.53 Å². The Kier molecular flexibility index (Phi) is 7.20. The van der Waals surface area contributed by atoms with Gasteiger partial charge in [-0.1, -0.05) is 26.2 Å². The maximum atomic E-state index is 11.4. The lowest BCUT2D eigenvalue weighted by molar-refractivity contribution is 0.0602. The number of anilines is 1. The van der Waals surface area contributed by atoms with Gasteiger partial charge in [0.25, 0.3) is 0 Å². The SMILES string of the molecule is CCCCCCSCc1cc(C(=O)OC)c(N)s1. The topological polar surface area (TPSA) is 52.3 Å². The first-order valence-corrected chi connectivity index (χ1v) is 8.20. The normalized spacial score (nSPS) is 10.6.